The molecule has 2 aromatic rings. The van der Waals surface area contributed by atoms with Gasteiger partial charge in [0.25, 0.3) is 0 Å². The number of carbonyl (C=O) groups excluding carboxylic acids is 1. The number of rotatable bonds is 8. The van der Waals surface area contributed by atoms with Crippen molar-refractivity contribution in [2.75, 3.05) is 11.0 Å². The number of amides is 1. The van der Waals surface area contributed by atoms with E-state index >= 15 is 0 Å². The van der Waals surface area contributed by atoms with Gasteiger partial charge in [-0.05, 0) is 47.7 Å². The third-order valence-electron chi connectivity index (χ3n) is 4.17. The summed E-state index contributed by atoms with van der Waals surface area (Å²) in [5.41, 5.74) is -1.32. The molecule has 0 atom stereocenters. The van der Waals surface area contributed by atoms with Crippen molar-refractivity contribution in [1.29, 1.82) is 0 Å². The maximum Gasteiger partial charge on any atom is 0.433 e. The number of nitrogens with one attached hydrogen (secondary N) is 2. The molecule has 1 aromatic heterocycles. The van der Waals surface area contributed by atoms with Crippen molar-refractivity contribution >= 4 is 27.7 Å². The molecule has 1 aromatic carbocycles. The molecule has 0 radical (unpaired) electrons. The second-order valence-corrected chi connectivity index (χ2v) is 9.44. The van der Waals surface area contributed by atoms with Gasteiger partial charge < -0.3 is 5.32 Å². The lowest BCUT2D eigenvalue weighted by atomic mass is 10.0. The average Bonchev–Trinajstić information content (AvgIpc) is 2.66. The molecular weight excluding hydrogens is 469 g/mol. The number of hydrogen-bond acceptors (Lipinski definition) is 4. The standard InChI is InChI=1S/C21H22F5N3O3S/c1-12(2)8-17-14(4-6-18(28-17)21(24,25)26)5-7-19(30)27-11-13-9-15(22)20(16(23)10-13)29-33(3,31)32/h4-7,9-10,12,29H,8,11H2,1-3H3,(H,27,30). The fourth-order valence-electron chi connectivity index (χ4n) is 2.80. The number of hydrogen-bond donors (Lipinski definition) is 2. The minimum Gasteiger partial charge on any atom is -0.348 e. The summed E-state index contributed by atoms with van der Waals surface area (Å²) in [6, 6.07) is 3.76. The zero-order chi connectivity index (χ0) is 25.0. The Balaban J connectivity index is 2.13. The van der Waals surface area contributed by atoms with Gasteiger partial charge in [0.05, 0.1) is 6.26 Å². The van der Waals surface area contributed by atoms with Gasteiger partial charge in [0.15, 0.2) is 11.6 Å². The van der Waals surface area contributed by atoms with E-state index < -0.39 is 45.1 Å². The summed E-state index contributed by atoms with van der Waals surface area (Å²) in [5, 5.41) is 2.39. The van der Waals surface area contributed by atoms with Gasteiger partial charge in [0, 0.05) is 18.3 Å². The molecule has 12 heteroatoms. The first-order chi connectivity index (χ1) is 15.2. The van der Waals surface area contributed by atoms with Crippen molar-refractivity contribution in [3.8, 4) is 0 Å². The number of benzene rings is 1. The Morgan fingerprint density at radius 3 is 2.27 bits per heavy atom. The Morgan fingerprint density at radius 2 is 1.76 bits per heavy atom. The van der Waals surface area contributed by atoms with Crippen molar-refractivity contribution < 1.29 is 35.2 Å². The monoisotopic (exact) mass is 491 g/mol. The molecule has 1 heterocycles. The van der Waals surface area contributed by atoms with E-state index in [0.717, 1.165) is 30.5 Å². The van der Waals surface area contributed by atoms with Gasteiger partial charge in [-0.25, -0.2) is 22.2 Å². The molecule has 0 spiro atoms. The van der Waals surface area contributed by atoms with Crippen LogP contribution in [0.2, 0.25) is 0 Å². The number of aromatic nitrogens is 1. The topological polar surface area (TPSA) is 88.2 Å². The minimum atomic E-state index is -4.59. The van der Waals surface area contributed by atoms with Crippen LogP contribution in [0.25, 0.3) is 6.08 Å². The molecule has 0 fully saturated rings. The molecule has 0 saturated heterocycles. The highest BCUT2D eigenvalue weighted by atomic mass is 32.2. The molecule has 180 valence electrons. The summed E-state index contributed by atoms with van der Waals surface area (Å²) in [4.78, 5) is 15.8. The van der Waals surface area contributed by atoms with E-state index in [4.69, 9.17) is 0 Å². The fourth-order valence-corrected chi connectivity index (χ4v) is 3.36. The molecular formula is C21H22F5N3O3S. The van der Waals surface area contributed by atoms with Crippen LogP contribution in [0.5, 0.6) is 0 Å². The van der Waals surface area contributed by atoms with Crippen LogP contribution in [-0.2, 0) is 34.0 Å². The maximum atomic E-state index is 14.0. The van der Waals surface area contributed by atoms with Crippen LogP contribution in [-0.4, -0.2) is 25.6 Å². The predicted octanol–water partition coefficient (Wildman–Crippen LogP) is 4.28. The second kappa shape index (κ2) is 10.3. The lowest BCUT2D eigenvalue weighted by molar-refractivity contribution is -0.141. The first kappa shape index (κ1) is 26.2. The Labute approximate surface area is 188 Å². The highest BCUT2D eigenvalue weighted by Crippen LogP contribution is 2.29. The van der Waals surface area contributed by atoms with Crippen LogP contribution < -0.4 is 10.0 Å². The largest absolute Gasteiger partial charge is 0.433 e. The molecule has 0 aliphatic rings. The van der Waals surface area contributed by atoms with Crippen LogP contribution in [0.3, 0.4) is 0 Å². The van der Waals surface area contributed by atoms with Gasteiger partial charge in [0.2, 0.25) is 15.9 Å². The molecule has 0 aliphatic carbocycles. The quantitative estimate of drug-likeness (QED) is 0.426. The van der Waals surface area contributed by atoms with Crippen LogP contribution in [0.15, 0.2) is 30.3 Å². The number of pyridine rings is 1. The second-order valence-electron chi connectivity index (χ2n) is 7.69. The van der Waals surface area contributed by atoms with E-state index in [2.05, 4.69) is 10.3 Å². The Hall–Kier alpha value is -3.02. The van der Waals surface area contributed by atoms with E-state index in [-0.39, 0.29) is 30.1 Å². The molecule has 0 aliphatic heterocycles. The van der Waals surface area contributed by atoms with E-state index in [1.165, 1.54) is 12.1 Å². The third-order valence-corrected chi connectivity index (χ3v) is 4.75. The maximum absolute atomic E-state index is 14.0. The Kier molecular flexibility index (Phi) is 8.17. The van der Waals surface area contributed by atoms with Crippen molar-refractivity contribution in [2.24, 2.45) is 5.92 Å². The normalized spacial score (nSPS) is 12.4. The van der Waals surface area contributed by atoms with Gasteiger partial charge in [0.1, 0.15) is 11.4 Å². The summed E-state index contributed by atoms with van der Waals surface area (Å²) in [5.74, 6) is -2.96. The molecule has 0 unspecified atom stereocenters. The number of carbonyl (C=O) groups is 1. The van der Waals surface area contributed by atoms with Gasteiger partial charge in [-0.2, -0.15) is 13.2 Å². The van der Waals surface area contributed by atoms with Crippen LogP contribution in [0.1, 0.15) is 36.4 Å². The summed E-state index contributed by atoms with van der Waals surface area (Å²) >= 11 is 0. The first-order valence-electron chi connectivity index (χ1n) is 9.64. The van der Waals surface area contributed by atoms with Crippen LogP contribution in [0.4, 0.5) is 27.6 Å². The molecule has 2 N–H and O–H groups in total. The van der Waals surface area contributed by atoms with Crippen molar-refractivity contribution in [3.05, 3.63) is 64.5 Å². The van der Waals surface area contributed by atoms with Crippen molar-refractivity contribution in [2.45, 2.75) is 33.0 Å². The predicted molar refractivity (Wildman–Crippen MR) is 113 cm³/mol. The van der Waals surface area contributed by atoms with E-state index in [0.29, 0.717) is 5.56 Å². The van der Waals surface area contributed by atoms with E-state index in [9.17, 15) is 35.2 Å². The molecule has 2 rings (SSSR count). The lowest BCUT2D eigenvalue weighted by Crippen LogP contribution is -2.21. The fraction of sp³-hybridized carbons (Fsp3) is 0.333. The summed E-state index contributed by atoms with van der Waals surface area (Å²) in [6.45, 7) is 3.36. The van der Waals surface area contributed by atoms with Gasteiger partial charge in [-0.15, -0.1) is 0 Å². The molecule has 33 heavy (non-hydrogen) atoms. The molecule has 0 saturated carbocycles. The first-order valence-corrected chi connectivity index (χ1v) is 11.5. The number of nitrogens with zero attached hydrogens (tertiary/aromatic N) is 1. The Bertz CT molecular complexity index is 1140. The van der Waals surface area contributed by atoms with E-state index in [1.807, 2.05) is 13.8 Å². The number of alkyl halides is 3. The summed E-state index contributed by atoms with van der Waals surface area (Å²) < 4.78 is 90.9. The zero-order valence-electron chi connectivity index (χ0n) is 17.9. The Morgan fingerprint density at radius 1 is 1.15 bits per heavy atom. The van der Waals surface area contributed by atoms with Crippen LogP contribution in [0, 0.1) is 17.6 Å². The average molecular weight is 491 g/mol. The smallest absolute Gasteiger partial charge is 0.348 e. The van der Waals surface area contributed by atoms with Gasteiger partial charge in [-0.3, -0.25) is 9.52 Å². The summed E-state index contributed by atoms with van der Waals surface area (Å²) in [6.07, 6.45) is -1.22. The number of sulfonamides is 1. The van der Waals surface area contributed by atoms with Gasteiger partial charge >= 0.3 is 6.18 Å². The van der Waals surface area contributed by atoms with Crippen molar-refractivity contribution in [1.82, 2.24) is 10.3 Å². The SMILES string of the molecule is CC(C)Cc1nc(C(F)(F)F)ccc1C=CC(=O)NCc1cc(F)c(NS(C)(=O)=O)c(F)c1. The third kappa shape index (κ3) is 8.12. The van der Waals surface area contributed by atoms with Crippen LogP contribution >= 0.6 is 0 Å². The molecule has 0 bridgehead atoms. The summed E-state index contributed by atoms with van der Waals surface area (Å²) in [7, 11) is -3.89. The van der Waals surface area contributed by atoms with E-state index in [1.54, 1.807) is 4.72 Å². The zero-order valence-corrected chi connectivity index (χ0v) is 18.7. The molecule has 1 amide bonds. The number of halogens is 5. The van der Waals surface area contributed by atoms with Crippen molar-refractivity contribution in [3.63, 3.8) is 0 Å². The minimum absolute atomic E-state index is 0.0203. The lowest BCUT2D eigenvalue weighted by Gasteiger charge is -2.12. The molecule has 6 nitrogen and oxygen atoms in total. The highest BCUT2D eigenvalue weighted by Gasteiger charge is 2.32. The van der Waals surface area contributed by atoms with Gasteiger partial charge in [-0.1, -0.05) is 19.9 Å². The number of anilines is 1. The highest BCUT2D eigenvalue weighted by molar-refractivity contribution is 7.92.